The van der Waals surface area contributed by atoms with Crippen LogP contribution >= 0.6 is 0 Å². The average molecular weight is 240 g/mol. The van der Waals surface area contributed by atoms with Crippen molar-refractivity contribution in [2.24, 2.45) is 0 Å². The second-order valence-electron chi connectivity index (χ2n) is 4.66. The Morgan fingerprint density at radius 1 is 1.33 bits per heavy atom. The standard InChI is InChI=1S/C15H16N2O/c18-15-5-6-16-10-13(15)8-11-7-12-3-1-2-4-14(12)17-9-11/h1-4,7-9,15-16,18H,5-6,10H2. The van der Waals surface area contributed by atoms with Crippen LogP contribution in [0.15, 0.2) is 42.1 Å². The molecule has 3 nitrogen and oxygen atoms in total. The van der Waals surface area contributed by atoms with Gasteiger partial charge < -0.3 is 10.4 Å². The zero-order chi connectivity index (χ0) is 12.4. The Kier molecular flexibility index (Phi) is 3.09. The molecule has 1 aliphatic rings. The smallest absolute Gasteiger partial charge is 0.0777 e. The summed E-state index contributed by atoms with van der Waals surface area (Å²) in [5, 5.41) is 14.3. The molecule has 0 bridgehead atoms. The molecule has 0 aliphatic carbocycles. The second-order valence-corrected chi connectivity index (χ2v) is 4.66. The first-order valence-corrected chi connectivity index (χ1v) is 6.27. The first kappa shape index (κ1) is 11.4. The maximum absolute atomic E-state index is 9.91. The fourth-order valence-corrected chi connectivity index (χ4v) is 2.30. The quantitative estimate of drug-likeness (QED) is 0.801. The molecule has 92 valence electrons. The molecule has 1 aromatic carbocycles. The highest BCUT2D eigenvalue weighted by atomic mass is 16.3. The van der Waals surface area contributed by atoms with Gasteiger partial charge in [0.25, 0.3) is 0 Å². The number of aliphatic hydroxyl groups excluding tert-OH is 1. The van der Waals surface area contributed by atoms with E-state index in [1.54, 1.807) is 0 Å². The van der Waals surface area contributed by atoms with Gasteiger partial charge in [-0.05, 0) is 36.2 Å². The minimum atomic E-state index is -0.322. The Hall–Kier alpha value is -1.71. The van der Waals surface area contributed by atoms with Crippen molar-refractivity contribution in [3.05, 3.63) is 47.7 Å². The van der Waals surface area contributed by atoms with Gasteiger partial charge in [-0.3, -0.25) is 4.98 Å². The second kappa shape index (κ2) is 4.88. The van der Waals surface area contributed by atoms with Crippen LogP contribution in [-0.4, -0.2) is 29.3 Å². The number of benzene rings is 1. The summed E-state index contributed by atoms with van der Waals surface area (Å²) in [6.45, 7) is 1.64. The lowest BCUT2D eigenvalue weighted by Crippen LogP contribution is -2.33. The Morgan fingerprint density at radius 2 is 2.22 bits per heavy atom. The van der Waals surface area contributed by atoms with Gasteiger partial charge in [0.2, 0.25) is 0 Å². The third-order valence-corrected chi connectivity index (χ3v) is 3.32. The number of rotatable bonds is 1. The highest BCUT2D eigenvalue weighted by Crippen LogP contribution is 2.18. The Bertz CT molecular complexity index is 592. The molecule has 1 atom stereocenters. The molecular weight excluding hydrogens is 224 g/mol. The van der Waals surface area contributed by atoms with E-state index in [1.165, 1.54) is 0 Å². The van der Waals surface area contributed by atoms with Crippen molar-refractivity contribution >= 4 is 17.0 Å². The molecule has 0 amide bonds. The number of pyridine rings is 1. The lowest BCUT2D eigenvalue weighted by Gasteiger charge is -2.21. The Morgan fingerprint density at radius 3 is 3.11 bits per heavy atom. The number of para-hydroxylation sites is 1. The highest BCUT2D eigenvalue weighted by Gasteiger charge is 2.15. The molecule has 1 aromatic heterocycles. The van der Waals surface area contributed by atoms with E-state index in [1.807, 2.05) is 30.5 Å². The number of hydrogen-bond acceptors (Lipinski definition) is 3. The predicted octanol–water partition coefficient (Wildman–Crippen LogP) is 1.97. The molecule has 0 radical (unpaired) electrons. The van der Waals surface area contributed by atoms with E-state index in [9.17, 15) is 5.11 Å². The number of fused-ring (bicyclic) bond motifs is 1. The van der Waals surface area contributed by atoms with E-state index in [2.05, 4.69) is 22.4 Å². The third kappa shape index (κ3) is 2.28. The summed E-state index contributed by atoms with van der Waals surface area (Å²) in [6.07, 6.45) is 4.36. The van der Waals surface area contributed by atoms with Crippen LogP contribution in [0.4, 0.5) is 0 Å². The van der Waals surface area contributed by atoms with Crippen LogP contribution < -0.4 is 5.32 Å². The topological polar surface area (TPSA) is 45.1 Å². The Labute approximate surface area is 106 Å². The van der Waals surface area contributed by atoms with Gasteiger partial charge in [-0.2, -0.15) is 0 Å². The minimum absolute atomic E-state index is 0.322. The van der Waals surface area contributed by atoms with Crippen LogP contribution in [0.3, 0.4) is 0 Å². The summed E-state index contributed by atoms with van der Waals surface area (Å²) in [4.78, 5) is 4.43. The number of aliphatic hydroxyl groups is 1. The van der Waals surface area contributed by atoms with E-state index in [0.717, 1.165) is 41.5 Å². The fraction of sp³-hybridized carbons (Fsp3) is 0.267. The van der Waals surface area contributed by atoms with Crippen LogP contribution in [0.25, 0.3) is 17.0 Å². The summed E-state index contributed by atoms with van der Waals surface area (Å²) in [7, 11) is 0. The molecule has 1 aliphatic heterocycles. The van der Waals surface area contributed by atoms with Crippen molar-refractivity contribution in [3.63, 3.8) is 0 Å². The molecule has 1 saturated heterocycles. The summed E-state index contributed by atoms with van der Waals surface area (Å²) in [5.74, 6) is 0. The lowest BCUT2D eigenvalue weighted by atomic mass is 10.0. The normalized spacial score (nSPS) is 22.5. The number of aromatic nitrogens is 1. The van der Waals surface area contributed by atoms with Gasteiger partial charge in [-0.25, -0.2) is 0 Å². The average Bonchev–Trinajstić information content (AvgIpc) is 2.41. The van der Waals surface area contributed by atoms with E-state index in [4.69, 9.17) is 0 Å². The SMILES string of the molecule is OC1CCNCC1=Cc1cnc2ccccc2c1. The molecule has 1 fully saturated rings. The molecule has 3 rings (SSSR count). The molecule has 1 unspecified atom stereocenters. The molecule has 0 spiro atoms. The van der Waals surface area contributed by atoms with E-state index in [-0.39, 0.29) is 6.10 Å². The van der Waals surface area contributed by atoms with Gasteiger partial charge in [0, 0.05) is 18.1 Å². The first-order chi connectivity index (χ1) is 8.83. The summed E-state index contributed by atoms with van der Waals surface area (Å²) >= 11 is 0. The lowest BCUT2D eigenvalue weighted by molar-refractivity contribution is 0.185. The molecule has 18 heavy (non-hydrogen) atoms. The van der Waals surface area contributed by atoms with Crippen molar-refractivity contribution in [3.8, 4) is 0 Å². The minimum Gasteiger partial charge on any atom is -0.389 e. The zero-order valence-corrected chi connectivity index (χ0v) is 10.1. The van der Waals surface area contributed by atoms with Gasteiger partial charge in [0.05, 0.1) is 11.6 Å². The largest absolute Gasteiger partial charge is 0.389 e. The van der Waals surface area contributed by atoms with Gasteiger partial charge in [0.1, 0.15) is 0 Å². The van der Waals surface area contributed by atoms with E-state index in [0.29, 0.717) is 0 Å². The molecule has 2 heterocycles. The van der Waals surface area contributed by atoms with Crippen LogP contribution in [0, 0.1) is 0 Å². The van der Waals surface area contributed by atoms with Crippen LogP contribution in [-0.2, 0) is 0 Å². The van der Waals surface area contributed by atoms with E-state index < -0.39 is 0 Å². The molecule has 3 heteroatoms. The molecule has 0 saturated carbocycles. The fourth-order valence-electron chi connectivity index (χ4n) is 2.30. The van der Waals surface area contributed by atoms with Crippen LogP contribution in [0.2, 0.25) is 0 Å². The molecule has 2 N–H and O–H groups in total. The van der Waals surface area contributed by atoms with Crippen LogP contribution in [0.5, 0.6) is 0 Å². The maximum atomic E-state index is 9.91. The van der Waals surface area contributed by atoms with Crippen molar-refractivity contribution in [2.45, 2.75) is 12.5 Å². The third-order valence-electron chi connectivity index (χ3n) is 3.32. The van der Waals surface area contributed by atoms with Crippen molar-refractivity contribution in [2.75, 3.05) is 13.1 Å². The maximum Gasteiger partial charge on any atom is 0.0777 e. The summed E-state index contributed by atoms with van der Waals surface area (Å²) < 4.78 is 0. The summed E-state index contributed by atoms with van der Waals surface area (Å²) in [5.41, 5.74) is 3.09. The van der Waals surface area contributed by atoms with Gasteiger partial charge in [-0.1, -0.05) is 24.3 Å². The highest BCUT2D eigenvalue weighted by molar-refractivity contribution is 5.80. The number of hydrogen-bond donors (Lipinski definition) is 2. The Balaban J connectivity index is 1.96. The van der Waals surface area contributed by atoms with Gasteiger partial charge >= 0.3 is 0 Å². The number of nitrogens with one attached hydrogen (secondary N) is 1. The van der Waals surface area contributed by atoms with Crippen molar-refractivity contribution in [1.82, 2.24) is 10.3 Å². The van der Waals surface area contributed by atoms with Gasteiger partial charge in [-0.15, -0.1) is 0 Å². The number of piperidine rings is 1. The van der Waals surface area contributed by atoms with Crippen LogP contribution in [0.1, 0.15) is 12.0 Å². The predicted molar refractivity (Wildman–Crippen MR) is 73.2 cm³/mol. The van der Waals surface area contributed by atoms with Crippen molar-refractivity contribution < 1.29 is 5.11 Å². The molecule has 2 aromatic rings. The zero-order valence-electron chi connectivity index (χ0n) is 10.1. The van der Waals surface area contributed by atoms with E-state index >= 15 is 0 Å². The first-order valence-electron chi connectivity index (χ1n) is 6.27. The van der Waals surface area contributed by atoms with Gasteiger partial charge in [0.15, 0.2) is 0 Å². The summed E-state index contributed by atoms with van der Waals surface area (Å²) in [6, 6.07) is 10.2. The molecular formula is C15H16N2O. The monoisotopic (exact) mass is 240 g/mol. The number of nitrogens with zero attached hydrogens (tertiary/aromatic N) is 1. The van der Waals surface area contributed by atoms with Crippen molar-refractivity contribution in [1.29, 1.82) is 0 Å².